The molecule has 0 saturated heterocycles. The number of thiophene rings is 1. The lowest BCUT2D eigenvalue weighted by Crippen LogP contribution is -2.31. The number of aryl methyl sites for hydroxylation is 1. The molecule has 6 nitrogen and oxygen atoms in total. The summed E-state index contributed by atoms with van der Waals surface area (Å²) in [6.07, 6.45) is 0.865. The SMILES string of the molecule is COc1ccc(CSc2nnc3c4c5c(sc4nc(C)n23)COC(C)(C)C5)cc1. The van der Waals surface area contributed by atoms with Crippen molar-refractivity contribution in [2.75, 3.05) is 7.11 Å². The first-order valence-corrected chi connectivity index (χ1v) is 11.3. The van der Waals surface area contributed by atoms with Gasteiger partial charge in [0.1, 0.15) is 16.4 Å². The number of ether oxygens (including phenoxy) is 2. The first kappa shape index (κ1) is 18.8. The van der Waals surface area contributed by atoms with E-state index in [1.807, 2.05) is 19.1 Å². The van der Waals surface area contributed by atoms with Gasteiger partial charge >= 0.3 is 0 Å². The van der Waals surface area contributed by atoms with Crippen molar-refractivity contribution in [3.05, 3.63) is 46.1 Å². The lowest BCUT2D eigenvalue weighted by molar-refractivity contribution is -0.0379. The first-order chi connectivity index (χ1) is 13.9. The molecular weight excluding hydrogens is 404 g/mol. The van der Waals surface area contributed by atoms with Crippen LogP contribution in [0.1, 0.15) is 35.7 Å². The van der Waals surface area contributed by atoms with Crippen molar-refractivity contribution in [3.8, 4) is 5.75 Å². The Labute approximate surface area is 177 Å². The van der Waals surface area contributed by atoms with Gasteiger partial charge in [0.05, 0.1) is 24.7 Å². The van der Waals surface area contributed by atoms with Crippen LogP contribution in [0.4, 0.5) is 0 Å². The standard InChI is InChI=1S/C21H22N4O2S2/c1-12-22-19-17(15-9-21(2,3)27-10-16(15)29-19)18-23-24-20(25(12)18)28-11-13-5-7-14(26-4)8-6-13/h5-8H,9-11H2,1-4H3. The summed E-state index contributed by atoms with van der Waals surface area (Å²) in [4.78, 5) is 7.17. The Morgan fingerprint density at radius 1 is 1.24 bits per heavy atom. The fourth-order valence-electron chi connectivity index (χ4n) is 3.73. The molecule has 0 unspecified atom stereocenters. The zero-order valence-corrected chi connectivity index (χ0v) is 18.5. The molecule has 5 rings (SSSR count). The predicted molar refractivity (Wildman–Crippen MR) is 116 cm³/mol. The molecule has 0 saturated carbocycles. The highest BCUT2D eigenvalue weighted by Crippen LogP contribution is 2.40. The quantitative estimate of drug-likeness (QED) is 0.437. The summed E-state index contributed by atoms with van der Waals surface area (Å²) in [6.45, 7) is 6.94. The summed E-state index contributed by atoms with van der Waals surface area (Å²) < 4.78 is 13.3. The van der Waals surface area contributed by atoms with Crippen molar-refractivity contribution in [2.45, 2.75) is 50.3 Å². The van der Waals surface area contributed by atoms with Crippen LogP contribution in [0, 0.1) is 6.92 Å². The van der Waals surface area contributed by atoms with Crippen molar-refractivity contribution in [1.29, 1.82) is 0 Å². The molecule has 8 heteroatoms. The van der Waals surface area contributed by atoms with E-state index in [0.717, 1.165) is 44.8 Å². The van der Waals surface area contributed by atoms with Gasteiger partial charge in [0.15, 0.2) is 10.8 Å². The van der Waals surface area contributed by atoms with Gasteiger partial charge in [0, 0.05) is 17.1 Å². The van der Waals surface area contributed by atoms with Gasteiger partial charge in [-0.2, -0.15) is 0 Å². The molecule has 1 aliphatic heterocycles. The van der Waals surface area contributed by atoms with E-state index in [9.17, 15) is 0 Å². The molecule has 4 heterocycles. The van der Waals surface area contributed by atoms with Gasteiger partial charge in [0.2, 0.25) is 0 Å². The van der Waals surface area contributed by atoms with Crippen molar-refractivity contribution >= 4 is 39.0 Å². The lowest BCUT2D eigenvalue weighted by atomic mass is 9.94. The summed E-state index contributed by atoms with van der Waals surface area (Å²) in [6, 6.07) is 8.12. The Hall–Kier alpha value is -2.16. The van der Waals surface area contributed by atoms with Crippen LogP contribution in [0.25, 0.3) is 15.9 Å². The smallest absolute Gasteiger partial charge is 0.197 e. The maximum Gasteiger partial charge on any atom is 0.197 e. The highest BCUT2D eigenvalue weighted by Gasteiger charge is 2.31. The Morgan fingerprint density at radius 3 is 2.79 bits per heavy atom. The van der Waals surface area contributed by atoms with Crippen LogP contribution >= 0.6 is 23.1 Å². The average molecular weight is 427 g/mol. The Balaban J connectivity index is 1.54. The molecule has 0 aliphatic carbocycles. The van der Waals surface area contributed by atoms with E-state index in [1.54, 1.807) is 30.2 Å². The van der Waals surface area contributed by atoms with Crippen molar-refractivity contribution in [2.24, 2.45) is 0 Å². The van der Waals surface area contributed by atoms with E-state index in [1.165, 1.54) is 16.0 Å². The number of methoxy groups -OCH3 is 1. The summed E-state index contributed by atoms with van der Waals surface area (Å²) in [5, 5.41) is 11.1. The second-order valence-corrected chi connectivity index (χ2v) is 9.87. The average Bonchev–Trinajstić information content (AvgIpc) is 3.27. The van der Waals surface area contributed by atoms with Crippen LogP contribution in [0.15, 0.2) is 29.4 Å². The van der Waals surface area contributed by atoms with E-state index in [-0.39, 0.29) is 5.60 Å². The number of aromatic nitrogens is 4. The van der Waals surface area contributed by atoms with Gasteiger partial charge in [-0.1, -0.05) is 23.9 Å². The van der Waals surface area contributed by atoms with Crippen LogP contribution in [0.5, 0.6) is 5.75 Å². The highest BCUT2D eigenvalue weighted by molar-refractivity contribution is 7.98. The van der Waals surface area contributed by atoms with Crippen LogP contribution in [0.2, 0.25) is 0 Å². The van der Waals surface area contributed by atoms with E-state index in [2.05, 4.69) is 40.6 Å². The van der Waals surface area contributed by atoms with E-state index in [0.29, 0.717) is 6.61 Å². The second-order valence-electron chi connectivity index (χ2n) is 7.85. The third-order valence-electron chi connectivity index (χ3n) is 5.24. The number of fused-ring (bicyclic) bond motifs is 5. The zero-order chi connectivity index (χ0) is 20.2. The van der Waals surface area contributed by atoms with Crippen molar-refractivity contribution in [3.63, 3.8) is 0 Å². The lowest BCUT2D eigenvalue weighted by Gasteiger charge is -2.30. The topological polar surface area (TPSA) is 61.5 Å². The van der Waals surface area contributed by atoms with E-state index >= 15 is 0 Å². The summed E-state index contributed by atoms with van der Waals surface area (Å²) in [7, 11) is 1.68. The summed E-state index contributed by atoms with van der Waals surface area (Å²) in [5.74, 6) is 2.59. The minimum atomic E-state index is -0.172. The van der Waals surface area contributed by atoms with E-state index in [4.69, 9.17) is 14.5 Å². The third-order valence-corrected chi connectivity index (χ3v) is 7.34. The monoisotopic (exact) mass is 426 g/mol. The molecule has 0 fully saturated rings. The fourth-order valence-corrected chi connectivity index (χ4v) is 5.81. The maximum atomic E-state index is 6.00. The first-order valence-electron chi connectivity index (χ1n) is 9.51. The minimum absolute atomic E-state index is 0.172. The summed E-state index contributed by atoms with van der Waals surface area (Å²) in [5.41, 5.74) is 3.26. The van der Waals surface area contributed by atoms with Crippen LogP contribution in [-0.2, 0) is 23.5 Å². The zero-order valence-electron chi connectivity index (χ0n) is 16.9. The van der Waals surface area contributed by atoms with Gasteiger partial charge in [-0.15, -0.1) is 21.5 Å². The number of nitrogens with zero attached hydrogens (tertiary/aromatic N) is 4. The number of hydrogen-bond acceptors (Lipinski definition) is 7. The number of thioether (sulfide) groups is 1. The number of benzene rings is 1. The molecule has 0 spiro atoms. The normalized spacial score (nSPS) is 15.7. The number of hydrogen-bond donors (Lipinski definition) is 0. The van der Waals surface area contributed by atoms with E-state index < -0.39 is 0 Å². The molecule has 0 radical (unpaired) electrons. The van der Waals surface area contributed by atoms with Gasteiger partial charge in [0.25, 0.3) is 0 Å². The molecule has 0 atom stereocenters. The molecule has 4 aromatic rings. The molecule has 1 aliphatic rings. The van der Waals surface area contributed by atoms with Crippen molar-refractivity contribution in [1.82, 2.24) is 19.6 Å². The fraction of sp³-hybridized carbons (Fsp3) is 0.381. The maximum absolute atomic E-state index is 6.00. The van der Waals surface area contributed by atoms with Crippen molar-refractivity contribution < 1.29 is 9.47 Å². The van der Waals surface area contributed by atoms with Gasteiger partial charge in [-0.3, -0.25) is 4.40 Å². The Kier molecular flexibility index (Phi) is 4.53. The molecule has 150 valence electrons. The van der Waals surface area contributed by atoms with Gasteiger partial charge < -0.3 is 9.47 Å². The molecule has 29 heavy (non-hydrogen) atoms. The molecule has 0 bridgehead atoms. The molecular formula is C21H22N4O2S2. The van der Waals surface area contributed by atoms with Crippen LogP contribution in [-0.4, -0.2) is 32.3 Å². The Bertz CT molecular complexity index is 1210. The summed E-state index contributed by atoms with van der Waals surface area (Å²) >= 11 is 3.39. The molecule has 0 amide bonds. The Morgan fingerprint density at radius 2 is 2.03 bits per heavy atom. The molecule has 1 aromatic carbocycles. The minimum Gasteiger partial charge on any atom is -0.497 e. The second kappa shape index (κ2) is 6.97. The molecule has 3 aromatic heterocycles. The van der Waals surface area contributed by atoms with Crippen LogP contribution in [0.3, 0.4) is 0 Å². The molecule has 0 N–H and O–H groups in total. The highest BCUT2D eigenvalue weighted by atomic mass is 32.2. The van der Waals surface area contributed by atoms with Crippen LogP contribution < -0.4 is 4.74 Å². The largest absolute Gasteiger partial charge is 0.497 e. The third kappa shape index (κ3) is 3.29. The van der Waals surface area contributed by atoms with Gasteiger partial charge in [-0.05, 0) is 44.0 Å². The predicted octanol–water partition coefficient (Wildman–Crippen LogP) is 4.80. The number of rotatable bonds is 4. The van der Waals surface area contributed by atoms with Gasteiger partial charge in [-0.25, -0.2) is 4.98 Å².